The second-order valence-corrected chi connectivity index (χ2v) is 13.9. The molecule has 0 spiro atoms. The van der Waals surface area contributed by atoms with E-state index in [-0.39, 0.29) is 51.6 Å². The lowest BCUT2D eigenvalue weighted by molar-refractivity contribution is -0.305. The van der Waals surface area contributed by atoms with Crippen molar-refractivity contribution in [2.45, 2.75) is 83.7 Å². The van der Waals surface area contributed by atoms with Crippen molar-refractivity contribution in [3.8, 4) is 11.1 Å². The van der Waals surface area contributed by atoms with Crippen LogP contribution in [0.5, 0.6) is 0 Å². The number of esters is 4. The molecule has 5 rings (SSSR count). The molecule has 0 radical (unpaired) electrons. The lowest BCUT2D eigenvalue weighted by atomic mass is 9.98. The van der Waals surface area contributed by atoms with E-state index in [1.54, 1.807) is 0 Å². The van der Waals surface area contributed by atoms with Crippen LogP contribution in [0.1, 0.15) is 56.9 Å². The van der Waals surface area contributed by atoms with Crippen molar-refractivity contribution < 1.29 is 71.8 Å². The van der Waals surface area contributed by atoms with Gasteiger partial charge in [0.1, 0.15) is 25.9 Å². The molecule has 5 atom stereocenters. The van der Waals surface area contributed by atoms with E-state index in [1.807, 2.05) is 48.5 Å². The fraction of sp³-hybridized carbons (Fsp3) is 0.475. The summed E-state index contributed by atoms with van der Waals surface area (Å²) in [4.78, 5) is 86.2. The van der Waals surface area contributed by atoms with Gasteiger partial charge in [0.25, 0.3) is 0 Å². The zero-order valence-electron chi connectivity index (χ0n) is 33.5. The van der Waals surface area contributed by atoms with Gasteiger partial charge in [-0.1, -0.05) is 53.7 Å². The van der Waals surface area contributed by atoms with E-state index in [1.165, 1.54) is 10.9 Å². The van der Waals surface area contributed by atoms with Crippen LogP contribution in [-0.4, -0.2) is 137 Å². The summed E-state index contributed by atoms with van der Waals surface area (Å²) in [6.45, 7) is 3.36. The highest BCUT2D eigenvalue weighted by Gasteiger charge is 2.52. The maximum absolute atomic E-state index is 13.1. The third kappa shape index (κ3) is 12.3. The molecule has 60 heavy (non-hydrogen) atoms. The number of hydrogen-bond donors (Lipinski definition) is 2. The van der Waals surface area contributed by atoms with E-state index in [0.29, 0.717) is 5.69 Å². The van der Waals surface area contributed by atoms with Gasteiger partial charge in [-0.25, -0.2) is 9.48 Å². The lowest BCUT2D eigenvalue weighted by Gasteiger charge is -2.44. The highest BCUT2D eigenvalue weighted by Crippen LogP contribution is 2.44. The molecule has 20 nitrogen and oxygen atoms in total. The highest BCUT2D eigenvalue weighted by molar-refractivity contribution is 5.82. The van der Waals surface area contributed by atoms with Crippen molar-refractivity contribution in [1.82, 2.24) is 25.2 Å². The van der Waals surface area contributed by atoms with Crippen LogP contribution in [0, 0.1) is 0 Å². The van der Waals surface area contributed by atoms with E-state index < -0.39 is 85.7 Å². The Morgan fingerprint density at radius 2 is 1.43 bits per heavy atom. The number of aryl methyl sites for hydroxylation is 1. The van der Waals surface area contributed by atoms with E-state index >= 15 is 0 Å². The Kier molecular flexibility index (Phi) is 15.7. The summed E-state index contributed by atoms with van der Waals surface area (Å²) in [5.41, 5.74) is 4.68. The summed E-state index contributed by atoms with van der Waals surface area (Å²) >= 11 is 0. The first-order valence-corrected chi connectivity index (χ1v) is 19.1. The largest absolute Gasteiger partial charge is 0.480 e. The minimum Gasteiger partial charge on any atom is -0.480 e. The van der Waals surface area contributed by atoms with Crippen LogP contribution in [0.25, 0.3) is 11.1 Å². The summed E-state index contributed by atoms with van der Waals surface area (Å²) in [6.07, 6.45) is -5.83. The van der Waals surface area contributed by atoms with E-state index in [4.69, 9.17) is 33.2 Å². The monoisotopic (exact) mass is 837 g/mol. The van der Waals surface area contributed by atoms with Gasteiger partial charge in [0.15, 0.2) is 18.3 Å². The number of aliphatic carboxylic acids is 1. The molecular formula is C40H47N5O15. The van der Waals surface area contributed by atoms with E-state index in [2.05, 4.69) is 15.6 Å². The second-order valence-electron chi connectivity index (χ2n) is 13.9. The molecule has 3 aromatic rings. The van der Waals surface area contributed by atoms with E-state index in [0.717, 1.165) is 54.8 Å². The zero-order valence-corrected chi connectivity index (χ0v) is 33.5. The first kappa shape index (κ1) is 44.7. The fourth-order valence-corrected chi connectivity index (χ4v) is 6.94. The Hall–Kier alpha value is -6.41. The van der Waals surface area contributed by atoms with Gasteiger partial charge in [-0.3, -0.25) is 28.8 Å². The minimum absolute atomic E-state index is 0.0526. The maximum atomic E-state index is 13.1. The third-order valence-electron chi connectivity index (χ3n) is 9.41. The molecule has 1 fully saturated rings. The van der Waals surface area contributed by atoms with Gasteiger partial charge in [0.2, 0.25) is 12.2 Å². The number of amides is 2. The quantitative estimate of drug-likeness (QED) is 0.129. The Bertz CT molecular complexity index is 1990. The van der Waals surface area contributed by atoms with Gasteiger partial charge in [0, 0.05) is 65.7 Å². The SMILES string of the molecule is CC(=O)OC[C@H]1O[C@@H](OC(C)=O)[C@H](OCCn2cc(CCC(=O)N(CCNC(=O)OCC3c4ccccc4-c4ccccc43)CC(=O)O)nn2)[C@@H](OC(C)=O)[C@H]1OC(C)=O. The smallest absolute Gasteiger partial charge is 0.407 e. The molecule has 2 amide bonds. The summed E-state index contributed by atoms with van der Waals surface area (Å²) in [5.74, 6) is -4.83. The van der Waals surface area contributed by atoms with Crippen molar-refractivity contribution in [2.75, 3.05) is 39.5 Å². The molecule has 1 aromatic heterocycles. The lowest BCUT2D eigenvalue weighted by Crippen LogP contribution is -2.63. The van der Waals surface area contributed by atoms with Gasteiger partial charge in [0.05, 0.1) is 18.8 Å². The molecular weight excluding hydrogens is 790 g/mol. The topological polar surface area (TPSA) is 250 Å². The molecule has 20 heteroatoms. The summed E-state index contributed by atoms with van der Waals surface area (Å²) in [6, 6.07) is 15.8. The number of ether oxygens (including phenoxy) is 7. The Morgan fingerprint density at radius 3 is 2.05 bits per heavy atom. The zero-order chi connectivity index (χ0) is 43.3. The maximum Gasteiger partial charge on any atom is 0.407 e. The number of alkyl carbamates (subject to hydrolysis) is 1. The molecule has 2 N–H and O–H groups in total. The second kappa shape index (κ2) is 21.0. The number of carbonyl (C=O) groups is 7. The van der Waals surface area contributed by atoms with Gasteiger partial charge >= 0.3 is 35.9 Å². The predicted molar refractivity (Wildman–Crippen MR) is 204 cm³/mol. The number of aromatic nitrogens is 3. The number of nitrogens with one attached hydrogen (secondary N) is 1. The number of rotatable bonds is 19. The van der Waals surface area contributed by atoms with Gasteiger partial charge in [-0.2, -0.15) is 0 Å². The Labute approximate surface area is 344 Å². The van der Waals surface area contributed by atoms with Crippen LogP contribution in [-0.2, 0) is 74.9 Å². The van der Waals surface area contributed by atoms with Crippen LogP contribution in [0.15, 0.2) is 54.7 Å². The van der Waals surface area contributed by atoms with Crippen molar-refractivity contribution in [3.63, 3.8) is 0 Å². The van der Waals surface area contributed by atoms with Crippen LogP contribution in [0.3, 0.4) is 0 Å². The van der Waals surface area contributed by atoms with Crippen LogP contribution < -0.4 is 5.32 Å². The van der Waals surface area contributed by atoms with Crippen molar-refractivity contribution in [2.24, 2.45) is 0 Å². The summed E-state index contributed by atoms with van der Waals surface area (Å²) in [7, 11) is 0. The van der Waals surface area contributed by atoms with Crippen LogP contribution >= 0.6 is 0 Å². The molecule has 322 valence electrons. The molecule has 0 unspecified atom stereocenters. The predicted octanol–water partition coefficient (Wildman–Crippen LogP) is 1.76. The number of hydrogen-bond acceptors (Lipinski definition) is 16. The number of fused-ring (bicyclic) bond motifs is 3. The fourth-order valence-electron chi connectivity index (χ4n) is 6.94. The summed E-state index contributed by atoms with van der Waals surface area (Å²) < 4.78 is 40.0. The molecule has 1 saturated heterocycles. The number of carboxylic acids is 1. The number of carboxylic acid groups (broad SMARTS) is 1. The molecule has 1 aliphatic carbocycles. The Morgan fingerprint density at radius 1 is 0.800 bits per heavy atom. The highest BCUT2D eigenvalue weighted by atomic mass is 16.7. The Balaban J connectivity index is 1.12. The first-order chi connectivity index (χ1) is 28.7. The average Bonchev–Trinajstić information content (AvgIpc) is 3.78. The van der Waals surface area contributed by atoms with Crippen molar-refractivity contribution in [1.29, 1.82) is 0 Å². The molecule has 0 bridgehead atoms. The molecule has 2 aliphatic rings. The minimum atomic E-state index is -1.47. The van der Waals surface area contributed by atoms with Gasteiger partial charge in [-0.05, 0) is 22.3 Å². The number of benzene rings is 2. The first-order valence-electron chi connectivity index (χ1n) is 19.1. The van der Waals surface area contributed by atoms with Crippen molar-refractivity contribution in [3.05, 3.63) is 71.5 Å². The van der Waals surface area contributed by atoms with Crippen LogP contribution in [0.4, 0.5) is 4.79 Å². The van der Waals surface area contributed by atoms with Gasteiger partial charge < -0.3 is 48.5 Å². The van der Waals surface area contributed by atoms with Crippen LogP contribution in [0.2, 0.25) is 0 Å². The summed E-state index contributed by atoms with van der Waals surface area (Å²) in [5, 5.41) is 20.2. The number of carbonyl (C=O) groups excluding carboxylic acids is 6. The third-order valence-corrected chi connectivity index (χ3v) is 9.41. The molecule has 0 saturated carbocycles. The van der Waals surface area contributed by atoms with Crippen molar-refractivity contribution >= 4 is 41.8 Å². The normalized spacial score (nSPS) is 19.2. The molecule has 2 heterocycles. The molecule has 2 aromatic carbocycles. The molecule has 1 aliphatic heterocycles. The average molecular weight is 838 g/mol. The number of nitrogens with zero attached hydrogens (tertiary/aromatic N) is 4. The standard InChI is InChI=1S/C40H47N5O15/c1-23(46)55-22-33-36(57-24(2)47)37(58-25(3)48)38(39(60-33)59-26(4)49)54-18-17-45-19-27(42-43-45)13-14-34(50)44(20-35(51)52)16-15-41-40(53)56-21-32-30-11-7-5-9-28(30)29-10-6-8-12-31(29)32/h5-12,19,32-33,36-39H,13-18,20-22H2,1-4H3,(H,41,53)(H,51,52)/t33-,36+,37+,38-,39-/m1/s1. The van der Waals surface area contributed by atoms with E-state index in [9.17, 15) is 38.7 Å². The van der Waals surface area contributed by atoms with Gasteiger partial charge in [-0.15, -0.1) is 5.10 Å².